The molecule has 0 spiro atoms. The van der Waals surface area contributed by atoms with Crippen molar-refractivity contribution in [3.8, 4) is 0 Å². The van der Waals surface area contributed by atoms with Crippen LogP contribution in [0.25, 0.3) is 0 Å². The molecule has 0 atom stereocenters. The lowest BCUT2D eigenvalue weighted by Crippen LogP contribution is -2.48. The molecule has 1 aliphatic heterocycles. The third-order valence-electron chi connectivity index (χ3n) is 3.85. The van der Waals surface area contributed by atoms with E-state index in [1.54, 1.807) is 17.8 Å². The van der Waals surface area contributed by atoms with E-state index in [4.69, 9.17) is 23.2 Å². The van der Waals surface area contributed by atoms with E-state index in [-0.39, 0.29) is 5.91 Å². The second-order valence-corrected chi connectivity index (χ2v) is 7.75. The molecule has 2 aromatic rings. The number of benzene rings is 2. The van der Waals surface area contributed by atoms with Crippen molar-refractivity contribution in [3.63, 3.8) is 0 Å². The van der Waals surface area contributed by atoms with Crippen LogP contribution in [0.3, 0.4) is 0 Å². The van der Waals surface area contributed by atoms with Crippen molar-refractivity contribution >= 4 is 40.9 Å². The van der Waals surface area contributed by atoms with Gasteiger partial charge in [-0.2, -0.15) is 0 Å². The van der Waals surface area contributed by atoms with Crippen LogP contribution in [0.4, 0.5) is 0 Å². The number of hydrogen-bond acceptors (Lipinski definition) is 3. The van der Waals surface area contributed by atoms with Crippen LogP contribution in [0.15, 0.2) is 47.4 Å². The summed E-state index contributed by atoms with van der Waals surface area (Å²) in [7, 11) is 0. The molecule has 0 saturated carbocycles. The number of amides is 1. The fraction of sp³-hybridized carbons (Fsp3) is 0.278. The van der Waals surface area contributed by atoms with Gasteiger partial charge in [-0.15, -0.1) is 11.8 Å². The van der Waals surface area contributed by atoms with Gasteiger partial charge in [-0.3, -0.25) is 4.79 Å². The first kappa shape index (κ1) is 17.6. The molecule has 126 valence electrons. The van der Waals surface area contributed by atoms with Crippen molar-refractivity contribution in [2.24, 2.45) is 5.92 Å². The number of nitrogens with one attached hydrogen (secondary N) is 2. The van der Waals surface area contributed by atoms with Gasteiger partial charge in [0.2, 0.25) is 0 Å². The molecule has 2 aromatic carbocycles. The molecule has 0 aliphatic carbocycles. The molecule has 0 radical (unpaired) electrons. The van der Waals surface area contributed by atoms with Gasteiger partial charge in [0, 0.05) is 51.8 Å². The van der Waals surface area contributed by atoms with Gasteiger partial charge in [0.1, 0.15) is 0 Å². The van der Waals surface area contributed by atoms with E-state index in [1.807, 2.05) is 36.4 Å². The van der Waals surface area contributed by atoms with Crippen molar-refractivity contribution < 1.29 is 4.79 Å². The average molecular weight is 381 g/mol. The molecular weight excluding hydrogens is 363 g/mol. The molecule has 1 aliphatic rings. The van der Waals surface area contributed by atoms with Crippen molar-refractivity contribution in [2.75, 3.05) is 19.6 Å². The zero-order valence-corrected chi connectivity index (χ0v) is 15.3. The minimum Gasteiger partial charge on any atom is -0.352 e. The van der Waals surface area contributed by atoms with Crippen LogP contribution < -0.4 is 10.6 Å². The van der Waals surface area contributed by atoms with Crippen molar-refractivity contribution in [1.82, 2.24) is 10.6 Å². The summed E-state index contributed by atoms with van der Waals surface area (Å²) in [6, 6.07) is 13.2. The van der Waals surface area contributed by atoms with Gasteiger partial charge < -0.3 is 10.6 Å². The fourth-order valence-corrected chi connectivity index (χ4v) is 4.00. The van der Waals surface area contributed by atoms with E-state index >= 15 is 0 Å². The Kier molecular flexibility index (Phi) is 6.06. The average Bonchev–Trinajstić information content (AvgIpc) is 2.51. The van der Waals surface area contributed by atoms with Gasteiger partial charge in [0.05, 0.1) is 0 Å². The van der Waals surface area contributed by atoms with Crippen LogP contribution in [-0.2, 0) is 5.75 Å². The van der Waals surface area contributed by atoms with E-state index in [9.17, 15) is 4.79 Å². The smallest absolute Gasteiger partial charge is 0.251 e. The van der Waals surface area contributed by atoms with Crippen LogP contribution in [0, 0.1) is 5.92 Å². The lowest BCUT2D eigenvalue weighted by molar-refractivity contribution is 0.0942. The van der Waals surface area contributed by atoms with Crippen molar-refractivity contribution in [1.29, 1.82) is 0 Å². The summed E-state index contributed by atoms with van der Waals surface area (Å²) < 4.78 is 0. The summed E-state index contributed by atoms with van der Waals surface area (Å²) in [6.07, 6.45) is 0. The minimum atomic E-state index is -0.0143. The monoisotopic (exact) mass is 380 g/mol. The molecule has 1 heterocycles. The maximum Gasteiger partial charge on any atom is 0.251 e. The quantitative estimate of drug-likeness (QED) is 0.736. The second-order valence-electron chi connectivity index (χ2n) is 5.83. The molecule has 2 N–H and O–H groups in total. The number of halogens is 2. The van der Waals surface area contributed by atoms with Crippen LogP contribution in [0.2, 0.25) is 10.0 Å². The predicted octanol–water partition coefficient (Wildman–Crippen LogP) is 4.23. The van der Waals surface area contributed by atoms with Crippen LogP contribution in [0.5, 0.6) is 0 Å². The Morgan fingerprint density at radius 3 is 2.58 bits per heavy atom. The molecule has 0 bridgehead atoms. The van der Waals surface area contributed by atoms with Crippen LogP contribution in [-0.4, -0.2) is 25.5 Å². The maximum atomic E-state index is 12.2. The molecule has 24 heavy (non-hydrogen) atoms. The molecule has 1 saturated heterocycles. The van der Waals surface area contributed by atoms with E-state index in [1.165, 1.54) is 0 Å². The Bertz CT molecular complexity index is 714. The van der Waals surface area contributed by atoms with E-state index in [2.05, 4.69) is 10.6 Å². The molecule has 0 aromatic heterocycles. The Balaban J connectivity index is 1.58. The summed E-state index contributed by atoms with van der Waals surface area (Å²) in [6.45, 7) is 2.70. The number of rotatable bonds is 6. The molecule has 6 heteroatoms. The highest BCUT2D eigenvalue weighted by molar-refractivity contribution is 7.98. The Labute approximate surface area is 156 Å². The zero-order valence-electron chi connectivity index (χ0n) is 13.0. The zero-order chi connectivity index (χ0) is 16.9. The predicted molar refractivity (Wildman–Crippen MR) is 101 cm³/mol. The highest BCUT2D eigenvalue weighted by Gasteiger charge is 2.17. The Morgan fingerprint density at radius 2 is 1.92 bits per heavy atom. The molecule has 1 amide bonds. The summed E-state index contributed by atoms with van der Waals surface area (Å²) >= 11 is 13.7. The highest BCUT2D eigenvalue weighted by Crippen LogP contribution is 2.29. The summed E-state index contributed by atoms with van der Waals surface area (Å²) in [5.74, 6) is 1.30. The van der Waals surface area contributed by atoms with E-state index < -0.39 is 0 Å². The van der Waals surface area contributed by atoms with Crippen molar-refractivity contribution in [2.45, 2.75) is 10.6 Å². The van der Waals surface area contributed by atoms with Gasteiger partial charge in [-0.05, 0) is 35.9 Å². The lowest BCUT2D eigenvalue weighted by atomic mass is 10.0. The standard InChI is InChI=1S/C18H18Cl2N2OS/c19-15-5-16(20)7-17(6-15)24-11-12-2-1-3-14(4-12)18(23)22-10-13-8-21-9-13/h1-7,13,21H,8-11H2,(H,22,23). The summed E-state index contributed by atoms with van der Waals surface area (Å²) in [4.78, 5) is 13.2. The highest BCUT2D eigenvalue weighted by atomic mass is 35.5. The van der Waals surface area contributed by atoms with E-state index in [0.717, 1.165) is 35.8 Å². The summed E-state index contributed by atoms with van der Waals surface area (Å²) in [5, 5.41) is 7.45. The largest absolute Gasteiger partial charge is 0.352 e. The van der Waals surface area contributed by atoms with Gasteiger partial charge in [0.15, 0.2) is 0 Å². The Morgan fingerprint density at radius 1 is 1.17 bits per heavy atom. The lowest BCUT2D eigenvalue weighted by Gasteiger charge is -2.27. The maximum absolute atomic E-state index is 12.2. The Hall–Kier alpha value is -1.20. The number of thioether (sulfide) groups is 1. The molecule has 3 nitrogen and oxygen atoms in total. The van der Waals surface area contributed by atoms with Gasteiger partial charge in [-0.25, -0.2) is 0 Å². The summed E-state index contributed by atoms with van der Waals surface area (Å²) in [5.41, 5.74) is 1.79. The van der Waals surface area contributed by atoms with Crippen molar-refractivity contribution in [3.05, 3.63) is 63.6 Å². The number of hydrogen-bond donors (Lipinski definition) is 2. The van der Waals surface area contributed by atoms with Gasteiger partial charge in [0.25, 0.3) is 5.91 Å². The first-order valence-electron chi connectivity index (χ1n) is 7.77. The van der Waals surface area contributed by atoms with Gasteiger partial charge >= 0.3 is 0 Å². The molecular formula is C18H18Cl2N2OS. The van der Waals surface area contributed by atoms with Crippen LogP contribution >= 0.6 is 35.0 Å². The third-order valence-corrected chi connectivity index (χ3v) is 5.33. The van der Waals surface area contributed by atoms with E-state index in [0.29, 0.717) is 21.5 Å². The normalized spacial score (nSPS) is 14.2. The van der Waals surface area contributed by atoms with Gasteiger partial charge in [-0.1, -0.05) is 35.3 Å². The van der Waals surface area contributed by atoms with Crippen LogP contribution in [0.1, 0.15) is 15.9 Å². The first-order chi connectivity index (χ1) is 11.6. The SMILES string of the molecule is O=C(NCC1CNC1)c1cccc(CSc2cc(Cl)cc(Cl)c2)c1. The number of carbonyl (C=O) groups is 1. The number of carbonyl (C=O) groups excluding carboxylic acids is 1. The fourth-order valence-electron chi connectivity index (χ4n) is 2.41. The molecule has 0 unspecified atom stereocenters. The molecule has 1 fully saturated rings. The topological polar surface area (TPSA) is 41.1 Å². The molecule has 3 rings (SSSR count). The third kappa shape index (κ3) is 4.90. The minimum absolute atomic E-state index is 0.0143. The second kappa shape index (κ2) is 8.26. The first-order valence-corrected chi connectivity index (χ1v) is 9.51.